The van der Waals surface area contributed by atoms with Crippen LogP contribution < -0.4 is 4.18 Å². The zero-order valence-corrected chi connectivity index (χ0v) is 11.1. The van der Waals surface area contributed by atoms with E-state index < -0.39 is 10.1 Å². The van der Waals surface area contributed by atoms with Crippen LogP contribution in [0, 0.1) is 0 Å². The molecule has 18 heavy (non-hydrogen) atoms. The standard InChI is InChI=1S/C14H16O3S/c1-2-3-10-18(15,16)17-14-9-8-12-6-4-5-7-13(12)11-14/h4-9,11H,2-3,10H2,1H3. The molecule has 0 atom stereocenters. The van der Waals surface area contributed by atoms with E-state index >= 15 is 0 Å². The van der Waals surface area contributed by atoms with Gasteiger partial charge in [0.05, 0.1) is 5.75 Å². The minimum absolute atomic E-state index is 0.0658. The smallest absolute Gasteiger partial charge is 0.309 e. The number of unbranched alkanes of at least 4 members (excludes halogenated alkanes) is 1. The van der Waals surface area contributed by atoms with Gasteiger partial charge in [-0.25, -0.2) is 0 Å². The van der Waals surface area contributed by atoms with Gasteiger partial charge in [0.25, 0.3) is 0 Å². The minimum atomic E-state index is -3.47. The Morgan fingerprint density at radius 3 is 2.50 bits per heavy atom. The summed E-state index contributed by atoms with van der Waals surface area (Å²) in [4.78, 5) is 0. The molecule has 0 spiro atoms. The molecule has 2 aromatic carbocycles. The molecule has 0 aliphatic heterocycles. The van der Waals surface area contributed by atoms with Crippen molar-refractivity contribution in [3.05, 3.63) is 42.5 Å². The molecule has 0 unspecified atom stereocenters. The van der Waals surface area contributed by atoms with Crippen LogP contribution in [-0.2, 0) is 10.1 Å². The Balaban J connectivity index is 2.22. The number of benzene rings is 2. The third-order valence-electron chi connectivity index (χ3n) is 2.69. The maximum Gasteiger partial charge on any atom is 0.309 e. The van der Waals surface area contributed by atoms with Gasteiger partial charge in [-0.15, -0.1) is 0 Å². The Morgan fingerprint density at radius 1 is 1.06 bits per heavy atom. The molecule has 0 bridgehead atoms. The van der Waals surface area contributed by atoms with E-state index in [-0.39, 0.29) is 5.75 Å². The molecule has 0 radical (unpaired) electrons. The van der Waals surface area contributed by atoms with Crippen LogP contribution in [0.3, 0.4) is 0 Å². The molecule has 0 N–H and O–H groups in total. The molecular weight excluding hydrogens is 248 g/mol. The lowest BCUT2D eigenvalue weighted by atomic mass is 10.1. The summed E-state index contributed by atoms with van der Waals surface area (Å²) in [5, 5.41) is 2.04. The number of rotatable bonds is 5. The molecule has 0 aliphatic rings. The normalized spacial score (nSPS) is 11.6. The van der Waals surface area contributed by atoms with Crippen molar-refractivity contribution in [3.63, 3.8) is 0 Å². The first-order valence-electron chi connectivity index (χ1n) is 6.02. The predicted molar refractivity (Wildman–Crippen MR) is 73.3 cm³/mol. The van der Waals surface area contributed by atoms with Crippen LogP contribution in [0.5, 0.6) is 5.75 Å². The second-order valence-electron chi connectivity index (χ2n) is 4.21. The van der Waals surface area contributed by atoms with E-state index in [4.69, 9.17) is 4.18 Å². The lowest BCUT2D eigenvalue weighted by Gasteiger charge is -2.07. The Labute approximate surface area is 108 Å². The molecule has 0 saturated carbocycles. The number of hydrogen-bond acceptors (Lipinski definition) is 3. The van der Waals surface area contributed by atoms with E-state index in [9.17, 15) is 8.42 Å². The maximum atomic E-state index is 11.7. The fourth-order valence-electron chi connectivity index (χ4n) is 1.73. The van der Waals surface area contributed by atoms with Gasteiger partial charge in [-0.05, 0) is 29.3 Å². The summed E-state index contributed by atoms with van der Waals surface area (Å²) in [6.07, 6.45) is 1.45. The Bertz CT molecular complexity index is 632. The largest absolute Gasteiger partial charge is 0.382 e. The van der Waals surface area contributed by atoms with Crippen molar-refractivity contribution in [2.24, 2.45) is 0 Å². The van der Waals surface area contributed by atoms with Crippen molar-refractivity contribution < 1.29 is 12.6 Å². The minimum Gasteiger partial charge on any atom is -0.382 e. The van der Waals surface area contributed by atoms with E-state index in [0.29, 0.717) is 12.2 Å². The molecule has 2 rings (SSSR count). The summed E-state index contributed by atoms with van der Waals surface area (Å²) in [6, 6.07) is 13.1. The Morgan fingerprint density at radius 2 is 1.78 bits per heavy atom. The third-order valence-corrected chi connectivity index (χ3v) is 3.93. The molecule has 3 nitrogen and oxygen atoms in total. The third kappa shape index (κ3) is 3.23. The fourth-order valence-corrected chi connectivity index (χ4v) is 2.85. The lowest BCUT2D eigenvalue weighted by molar-refractivity contribution is 0.484. The highest BCUT2D eigenvalue weighted by Crippen LogP contribution is 2.21. The first-order valence-corrected chi connectivity index (χ1v) is 7.59. The fraction of sp³-hybridized carbons (Fsp3) is 0.286. The predicted octanol–water partition coefficient (Wildman–Crippen LogP) is 3.35. The van der Waals surface area contributed by atoms with Gasteiger partial charge in [0.1, 0.15) is 5.75 Å². The van der Waals surface area contributed by atoms with E-state index in [0.717, 1.165) is 17.2 Å². The van der Waals surface area contributed by atoms with Crippen molar-refractivity contribution in [1.29, 1.82) is 0 Å². The van der Waals surface area contributed by atoms with Crippen molar-refractivity contribution >= 4 is 20.9 Å². The first kappa shape index (κ1) is 12.9. The van der Waals surface area contributed by atoms with E-state index in [1.807, 2.05) is 37.3 Å². The molecule has 2 aromatic rings. The van der Waals surface area contributed by atoms with Gasteiger partial charge in [-0.3, -0.25) is 0 Å². The average Bonchev–Trinajstić information content (AvgIpc) is 2.36. The highest BCUT2D eigenvalue weighted by Gasteiger charge is 2.11. The van der Waals surface area contributed by atoms with E-state index in [2.05, 4.69) is 0 Å². The van der Waals surface area contributed by atoms with Crippen LogP contribution in [0.15, 0.2) is 42.5 Å². The van der Waals surface area contributed by atoms with Gasteiger partial charge in [-0.2, -0.15) is 8.42 Å². The van der Waals surface area contributed by atoms with Crippen LogP contribution in [0.1, 0.15) is 19.8 Å². The van der Waals surface area contributed by atoms with Gasteiger partial charge in [0, 0.05) is 0 Å². The summed E-state index contributed by atoms with van der Waals surface area (Å²) in [6.45, 7) is 1.95. The summed E-state index contributed by atoms with van der Waals surface area (Å²) < 4.78 is 28.4. The lowest BCUT2D eigenvalue weighted by Crippen LogP contribution is -2.13. The van der Waals surface area contributed by atoms with Crippen molar-refractivity contribution in [1.82, 2.24) is 0 Å². The van der Waals surface area contributed by atoms with E-state index in [1.54, 1.807) is 12.1 Å². The molecule has 0 fully saturated rings. The molecule has 0 aromatic heterocycles. The molecule has 0 aliphatic carbocycles. The molecule has 0 saturated heterocycles. The topological polar surface area (TPSA) is 43.4 Å². The zero-order valence-electron chi connectivity index (χ0n) is 10.3. The van der Waals surface area contributed by atoms with Gasteiger partial charge < -0.3 is 4.18 Å². The van der Waals surface area contributed by atoms with Gasteiger partial charge >= 0.3 is 10.1 Å². The first-order chi connectivity index (χ1) is 8.61. The zero-order chi connectivity index (χ0) is 13.0. The molecule has 0 amide bonds. The second-order valence-corrected chi connectivity index (χ2v) is 5.90. The van der Waals surface area contributed by atoms with Crippen LogP contribution in [0.4, 0.5) is 0 Å². The van der Waals surface area contributed by atoms with Crippen LogP contribution in [0.25, 0.3) is 10.8 Å². The highest BCUT2D eigenvalue weighted by atomic mass is 32.2. The van der Waals surface area contributed by atoms with Crippen LogP contribution in [0.2, 0.25) is 0 Å². The second kappa shape index (κ2) is 5.40. The Kier molecular flexibility index (Phi) is 3.87. The van der Waals surface area contributed by atoms with E-state index in [1.165, 1.54) is 0 Å². The average molecular weight is 264 g/mol. The van der Waals surface area contributed by atoms with Crippen LogP contribution in [-0.4, -0.2) is 14.2 Å². The van der Waals surface area contributed by atoms with Crippen molar-refractivity contribution in [2.45, 2.75) is 19.8 Å². The van der Waals surface area contributed by atoms with Gasteiger partial charge in [-0.1, -0.05) is 43.7 Å². The summed E-state index contributed by atoms with van der Waals surface area (Å²) in [5.74, 6) is 0.445. The maximum absolute atomic E-state index is 11.7. The summed E-state index contributed by atoms with van der Waals surface area (Å²) in [5.41, 5.74) is 0. The Hall–Kier alpha value is -1.55. The molecule has 96 valence electrons. The number of fused-ring (bicyclic) bond motifs is 1. The monoisotopic (exact) mass is 264 g/mol. The highest BCUT2D eigenvalue weighted by molar-refractivity contribution is 7.87. The quantitative estimate of drug-likeness (QED) is 0.778. The summed E-state index contributed by atoms with van der Waals surface area (Å²) >= 11 is 0. The summed E-state index contributed by atoms with van der Waals surface area (Å²) in [7, 11) is -3.47. The number of hydrogen-bond donors (Lipinski definition) is 0. The SMILES string of the molecule is CCCCS(=O)(=O)Oc1ccc2ccccc2c1. The van der Waals surface area contributed by atoms with Gasteiger partial charge in [0.2, 0.25) is 0 Å². The molecule has 4 heteroatoms. The molecule has 0 heterocycles. The van der Waals surface area contributed by atoms with Crippen molar-refractivity contribution in [2.75, 3.05) is 5.75 Å². The molecular formula is C14H16O3S. The van der Waals surface area contributed by atoms with Crippen LogP contribution >= 0.6 is 0 Å². The van der Waals surface area contributed by atoms with Crippen molar-refractivity contribution in [3.8, 4) is 5.75 Å². The van der Waals surface area contributed by atoms with Gasteiger partial charge in [0.15, 0.2) is 0 Å².